The second-order valence-electron chi connectivity index (χ2n) is 26.0. The fourth-order valence-corrected chi connectivity index (χ4v) is 12.6. The number of imide groups is 2. The number of carbonyl (C=O) groups is 10. The molecule has 8 N–H and O–H groups in total. The molecule has 1 atom stereocenters. The Kier molecular flexibility index (Phi) is 33.1. The third kappa shape index (κ3) is 23.8. The van der Waals surface area contributed by atoms with E-state index in [9.17, 15) is 47.9 Å². The van der Waals surface area contributed by atoms with Gasteiger partial charge in [0, 0.05) is 89.6 Å². The topological polar surface area (TPSA) is 446 Å². The summed E-state index contributed by atoms with van der Waals surface area (Å²) in [7, 11) is 3.47. The van der Waals surface area contributed by atoms with Gasteiger partial charge in [0.05, 0.1) is 170 Å². The fraction of sp³-hybridized carbons (Fsp3) is 0.520. The molecular formula is C75H101N17O20. The van der Waals surface area contributed by atoms with Crippen LogP contribution in [-0.4, -0.2) is 259 Å². The molecular weight excluding hydrogens is 1460 g/mol. The number of aryl methyl sites for hydroxylation is 8. The molecule has 2 aliphatic rings. The van der Waals surface area contributed by atoms with Crippen LogP contribution in [0, 0.1) is 13.8 Å². The van der Waals surface area contributed by atoms with Crippen molar-refractivity contribution in [3.05, 3.63) is 123 Å². The second-order valence-corrected chi connectivity index (χ2v) is 26.0. The maximum Gasteiger partial charge on any atom is 0.298 e. The summed E-state index contributed by atoms with van der Waals surface area (Å²) in [6, 6.07) is 17.1. The summed E-state index contributed by atoms with van der Waals surface area (Å²) >= 11 is 0. The molecule has 1 unspecified atom stereocenters. The van der Waals surface area contributed by atoms with Gasteiger partial charge in [-0.3, -0.25) is 67.5 Å². The van der Waals surface area contributed by atoms with Gasteiger partial charge in [0.2, 0.25) is 46.7 Å². The Morgan fingerprint density at radius 2 is 0.982 bits per heavy atom. The minimum absolute atomic E-state index is 0.0415. The number of hydrogen-bond donors (Lipinski definition) is 6. The zero-order valence-electron chi connectivity index (χ0n) is 64.2. The minimum Gasteiger partial charge on any atom is -0.382 e. The van der Waals surface area contributed by atoms with E-state index in [4.69, 9.17) is 58.8 Å². The third-order valence-electron chi connectivity index (χ3n) is 18.2. The van der Waals surface area contributed by atoms with E-state index in [0.29, 0.717) is 169 Å². The summed E-state index contributed by atoms with van der Waals surface area (Å²) in [5, 5.41) is 19.8. The molecule has 0 spiro atoms. The number of aromatic nitrogens is 8. The van der Waals surface area contributed by atoms with Crippen molar-refractivity contribution < 1.29 is 95.3 Å². The van der Waals surface area contributed by atoms with Crippen LogP contribution in [0.4, 0.5) is 5.69 Å². The molecule has 2 aliphatic heterocycles. The summed E-state index contributed by atoms with van der Waals surface area (Å²) in [4.78, 5) is 139. The van der Waals surface area contributed by atoms with Gasteiger partial charge in [0.1, 0.15) is 24.0 Å². The lowest BCUT2D eigenvalue weighted by atomic mass is 10.0. The van der Waals surface area contributed by atoms with Crippen LogP contribution in [0.2, 0.25) is 0 Å². The Bertz CT molecular complexity index is 4430. The van der Waals surface area contributed by atoms with Crippen molar-refractivity contribution in [3.8, 4) is 0 Å². The molecule has 1 saturated heterocycles. The van der Waals surface area contributed by atoms with Crippen molar-refractivity contribution in [2.45, 2.75) is 98.1 Å². The first kappa shape index (κ1) is 85.5. The predicted molar refractivity (Wildman–Crippen MR) is 403 cm³/mol. The van der Waals surface area contributed by atoms with Gasteiger partial charge in [-0.1, -0.05) is 6.07 Å². The number of primary amides is 2. The van der Waals surface area contributed by atoms with Gasteiger partial charge in [0.15, 0.2) is 0 Å². The Labute approximate surface area is 645 Å². The maximum atomic E-state index is 14.0. The van der Waals surface area contributed by atoms with E-state index in [1.165, 1.54) is 6.07 Å². The predicted octanol–water partition coefficient (Wildman–Crippen LogP) is 1.15. The van der Waals surface area contributed by atoms with Gasteiger partial charge in [0.25, 0.3) is 23.6 Å². The fourth-order valence-electron chi connectivity index (χ4n) is 12.6. The molecule has 0 radical (unpaired) electrons. The first-order valence-corrected chi connectivity index (χ1v) is 37.4. The van der Waals surface area contributed by atoms with Crippen molar-refractivity contribution in [3.63, 3.8) is 0 Å². The van der Waals surface area contributed by atoms with Crippen molar-refractivity contribution in [2.24, 2.45) is 35.5 Å². The molecule has 3 aromatic carbocycles. The zero-order chi connectivity index (χ0) is 80.1. The van der Waals surface area contributed by atoms with Crippen molar-refractivity contribution in [1.29, 1.82) is 0 Å². The smallest absolute Gasteiger partial charge is 0.298 e. The molecule has 0 saturated carbocycles. The number of imidazole rings is 2. The van der Waals surface area contributed by atoms with Crippen molar-refractivity contribution >= 4 is 86.8 Å². The number of hydrogen-bond acceptors (Lipinski definition) is 23. The minimum atomic E-state index is -1.04. The van der Waals surface area contributed by atoms with Gasteiger partial charge >= 0.3 is 0 Å². The normalized spacial score (nSPS) is 14.3. The molecule has 606 valence electrons. The van der Waals surface area contributed by atoms with Crippen LogP contribution in [0.25, 0.3) is 22.1 Å². The van der Waals surface area contributed by atoms with E-state index in [1.807, 2.05) is 23.0 Å². The second kappa shape index (κ2) is 43.4. The number of nitrogens with two attached hydrogens (primary N) is 2. The highest BCUT2D eigenvalue weighted by atomic mass is 16.6. The summed E-state index contributed by atoms with van der Waals surface area (Å²) in [5.74, 6) is -5.18. The Hall–Kier alpha value is -10.5. The lowest BCUT2D eigenvalue weighted by molar-refractivity contribution is -0.136. The summed E-state index contributed by atoms with van der Waals surface area (Å²) < 4.78 is 67.0. The van der Waals surface area contributed by atoms with Gasteiger partial charge in [-0.05, 0) is 108 Å². The molecule has 37 nitrogen and oxygen atoms in total. The van der Waals surface area contributed by atoms with Gasteiger partial charge < -0.3 is 93.1 Å². The van der Waals surface area contributed by atoms with Crippen LogP contribution < -0.4 is 44.0 Å². The quantitative estimate of drug-likeness (QED) is 0.0230. The summed E-state index contributed by atoms with van der Waals surface area (Å²) in [6.07, 6.45) is 0.162. The van der Waals surface area contributed by atoms with Crippen molar-refractivity contribution in [1.82, 2.24) is 58.7 Å². The SMILES string of the molecule is CCn1nc(C)cc1C(=O)N=c1n(C)c2cc(C(N)=O)ccc2n1CCC(CCn1c(=NC(=O)c2cc(C)nn2CC)n(C)c2cc(C(N)=O)ccc21)OCC(=O)NCCOCCOCCOCCOCCC(=O)NCCOCCOCCOCCOCCOCCNc1cccc2c1C(=O)N(C1CCC(=O)NC1=O)C2=O. The Morgan fingerprint density at radius 3 is 1.43 bits per heavy atom. The number of rotatable bonds is 50. The van der Waals surface area contributed by atoms with Crippen molar-refractivity contribution in [2.75, 3.05) is 150 Å². The van der Waals surface area contributed by atoms with Crippen LogP contribution in [0.5, 0.6) is 0 Å². The number of piperidine rings is 1. The number of carbonyl (C=O) groups excluding carboxylic acids is 10. The van der Waals surface area contributed by atoms with Crippen LogP contribution in [0.15, 0.2) is 76.7 Å². The number of nitrogens with zero attached hydrogens (tertiary/aromatic N) is 11. The van der Waals surface area contributed by atoms with Crippen LogP contribution in [0.3, 0.4) is 0 Å². The highest BCUT2D eigenvalue weighted by Crippen LogP contribution is 2.32. The number of anilines is 1. The zero-order valence-corrected chi connectivity index (χ0v) is 64.2. The lowest BCUT2D eigenvalue weighted by Gasteiger charge is -2.27. The molecule has 9 rings (SSSR count). The largest absolute Gasteiger partial charge is 0.382 e. The van der Waals surface area contributed by atoms with Crippen LogP contribution in [0.1, 0.15) is 120 Å². The lowest BCUT2D eigenvalue weighted by Crippen LogP contribution is -2.54. The highest BCUT2D eigenvalue weighted by Gasteiger charge is 2.45. The first-order chi connectivity index (χ1) is 54.2. The molecule has 0 aliphatic carbocycles. The molecule has 4 aromatic heterocycles. The standard InChI is InChI=1S/C75H101N17O20/c1-7-90-61(44-49(3)84-90)70(99)82-74-86(5)59-46-51(67(76)96)12-14-56(59)88(74)24-18-53(19-25-89-57-15-13-52(68(77)97)47-60(57)87(6)75(89)83-71(100)62-45-50(4)85-91(62)8-2)112-48-65(95)80-23-29-106-33-37-110-39-38-107-34-30-103-26-20-63(93)79-22-28-105-32-36-109-41-43-111-42-40-108-35-31-104-27-21-78-55-11-9-10-54-66(55)73(102)92(72(54)101)58-16-17-64(94)81-69(58)98/h9-15,44-47,53,58,78H,7-8,16-43,48H2,1-6H3,(H2,76,96)(H2,77,97)(H,79,93)(H,80,95)(H,81,94,98). The summed E-state index contributed by atoms with van der Waals surface area (Å²) in [5.41, 5.74) is 17.6. The average molecular weight is 1560 g/mol. The molecule has 1 fully saturated rings. The number of amides is 10. The van der Waals surface area contributed by atoms with Crippen LogP contribution >= 0.6 is 0 Å². The Balaban J connectivity index is 0.608. The van der Waals surface area contributed by atoms with E-state index >= 15 is 0 Å². The Morgan fingerprint density at radius 1 is 0.545 bits per heavy atom. The molecule has 10 amide bonds. The van der Waals surface area contributed by atoms with E-state index < -0.39 is 65.3 Å². The van der Waals surface area contributed by atoms with Gasteiger partial charge in [-0.15, -0.1) is 0 Å². The summed E-state index contributed by atoms with van der Waals surface area (Å²) in [6.45, 7) is 14.8. The monoisotopic (exact) mass is 1560 g/mol. The highest BCUT2D eigenvalue weighted by molar-refractivity contribution is 6.25. The van der Waals surface area contributed by atoms with E-state index in [-0.39, 0.29) is 124 Å². The van der Waals surface area contributed by atoms with E-state index in [1.54, 1.807) is 107 Å². The molecule has 6 heterocycles. The number of fused-ring (bicyclic) bond motifs is 3. The van der Waals surface area contributed by atoms with E-state index in [2.05, 4.69) is 41.4 Å². The maximum absolute atomic E-state index is 14.0. The number of ether oxygens (including phenoxy) is 10. The molecule has 7 aromatic rings. The van der Waals surface area contributed by atoms with E-state index in [0.717, 1.165) is 4.90 Å². The van der Waals surface area contributed by atoms with Gasteiger partial charge in [-0.25, -0.2) is 0 Å². The van der Waals surface area contributed by atoms with Gasteiger partial charge in [-0.2, -0.15) is 20.2 Å². The molecule has 0 bridgehead atoms. The first-order valence-electron chi connectivity index (χ1n) is 37.4. The van der Waals surface area contributed by atoms with Crippen LogP contribution in [-0.2, 0) is 107 Å². The molecule has 37 heteroatoms. The third-order valence-corrected chi connectivity index (χ3v) is 18.2. The number of benzene rings is 3. The molecule has 112 heavy (non-hydrogen) atoms. The average Bonchev–Trinajstić information content (AvgIpc) is 1.61. The number of nitrogens with one attached hydrogen (secondary N) is 4.